The van der Waals surface area contributed by atoms with Gasteiger partial charge in [-0.1, -0.05) is 27.7 Å². The highest BCUT2D eigenvalue weighted by Crippen LogP contribution is 2.28. The third-order valence-corrected chi connectivity index (χ3v) is 3.00. The molecule has 0 radical (unpaired) electrons. The van der Waals surface area contributed by atoms with Crippen molar-refractivity contribution in [1.82, 2.24) is 5.32 Å². The Bertz CT molecular complexity index is 303. The van der Waals surface area contributed by atoms with Crippen LogP contribution in [0, 0.1) is 11.3 Å². The lowest BCUT2D eigenvalue weighted by Crippen LogP contribution is -2.51. The summed E-state index contributed by atoms with van der Waals surface area (Å²) in [5.74, 6) is -1.48. The van der Waals surface area contributed by atoms with E-state index in [0.717, 1.165) is 6.42 Å². The molecule has 0 aromatic heterocycles. The summed E-state index contributed by atoms with van der Waals surface area (Å²) < 4.78 is 5.00. The normalized spacial score (nSPS) is 13.9. The second-order valence-corrected chi connectivity index (χ2v) is 6.28. The predicted molar refractivity (Wildman–Crippen MR) is 72.1 cm³/mol. The molecular formula is C14H27NO3. The lowest BCUT2D eigenvalue weighted by Gasteiger charge is -2.32. The van der Waals surface area contributed by atoms with Gasteiger partial charge in [-0.25, -0.2) is 0 Å². The molecule has 0 heterocycles. The Hall–Kier alpha value is -1.06. The molecule has 18 heavy (non-hydrogen) atoms. The number of amides is 1. The minimum Gasteiger partial charge on any atom is -0.465 e. The number of rotatable bonds is 5. The largest absolute Gasteiger partial charge is 0.465 e. The molecule has 0 saturated carbocycles. The fourth-order valence-electron chi connectivity index (χ4n) is 1.57. The van der Waals surface area contributed by atoms with E-state index in [9.17, 15) is 9.59 Å². The van der Waals surface area contributed by atoms with Crippen molar-refractivity contribution in [3.63, 3.8) is 0 Å². The Morgan fingerprint density at radius 3 is 1.94 bits per heavy atom. The Labute approximate surface area is 110 Å². The Balaban J connectivity index is 5.00. The number of nitrogens with one attached hydrogen (secondary N) is 1. The van der Waals surface area contributed by atoms with Crippen molar-refractivity contribution in [3.8, 4) is 0 Å². The van der Waals surface area contributed by atoms with E-state index in [-0.39, 0.29) is 18.1 Å². The van der Waals surface area contributed by atoms with Crippen LogP contribution >= 0.6 is 0 Å². The first-order valence-electron chi connectivity index (χ1n) is 6.53. The van der Waals surface area contributed by atoms with Crippen LogP contribution in [0.25, 0.3) is 0 Å². The maximum absolute atomic E-state index is 12.3. The van der Waals surface area contributed by atoms with E-state index in [1.54, 1.807) is 6.92 Å². The van der Waals surface area contributed by atoms with Crippen molar-refractivity contribution in [3.05, 3.63) is 0 Å². The first-order chi connectivity index (χ1) is 8.05. The molecule has 1 atom stereocenters. The van der Waals surface area contributed by atoms with Gasteiger partial charge >= 0.3 is 5.97 Å². The molecule has 106 valence electrons. The minimum atomic E-state index is -0.775. The molecule has 1 unspecified atom stereocenters. The van der Waals surface area contributed by atoms with Gasteiger partial charge in [0.05, 0.1) is 6.61 Å². The van der Waals surface area contributed by atoms with Crippen LogP contribution in [0.5, 0.6) is 0 Å². The molecule has 4 heteroatoms. The van der Waals surface area contributed by atoms with Gasteiger partial charge in [0.2, 0.25) is 5.91 Å². The van der Waals surface area contributed by atoms with Crippen LogP contribution in [0.2, 0.25) is 0 Å². The maximum atomic E-state index is 12.3. The molecule has 0 spiro atoms. The first kappa shape index (κ1) is 16.9. The zero-order valence-corrected chi connectivity index (χ0v) is 12.7. The molecule has 0 aliphatic carbocycles. The summed E-state index contributed by atoms with van der Waals surface area (Å²) in [6.07, 6.45) is 0.804. The van der Waals surface area contributed by atoms with E-state index in [1.807, 2.05) is 41.5 Å². The second-order valence-electron chi connectivity index (χ2n) is 6.28. The summed E-state index contributed by atoms with van der Waals surface area (Å²) in [6.45, 7) is 13.5. The number of hydrogen-bond acceptors (Lipinski definition) is 3. The molecule has 0 aromatic rings. The number of carbonyl (C=O) groups excluding carboxylic acids is 2. The van der Waals surface area contributed by atoms with Crippen LogP contribution < -0.4 is 5.32 Å². The SMILES string of the molecule is CCOC(=O)C(C(=O)NC(C)(C)CC)C(C)(C)C. The van der Waals surface area contributed by atoms with E-state index in [1.165, 1.54) is 0 Å². The molecule has 4 nitrogen and oxygen atoms in total. The minimum absolute atomic E-state index is 0.257. The van der Waals surface area contributed by atoms with Crippen LogP contribution in [0.4, 0.5) is 0 Å². The van der Waals surface area contributed by atoms with Gasteiger partial charge in [-0.3, -0.25) is 9.59 Å². The Morgan fingerprint density at radius 1 is 1.11 bits per heavy atom. The molecule has 0 fully saturated rings. The summed E-state index contributed by atoms with van der Waals surface area (Å²) in [5.41, 5.74) is -0.771. The predicted octanol–water partition coefficient (Wildman–Crippen LogP) is 2.52. The lowest BCUT2D eigenvalue weighted by atomic mass is 9.79. The first-order valence-corrected chi connectivity index (χ1v) is 6.53. The fourth-order valence-corrected chi connectivity index (χ4v) is 1.57. The molecule has 0 aliphatic heterocycles. The molecule has 0 aliphatic rings. The van der Waals surface area contributed by atoms with Crippen molar-refractivity contribution in [2.75, 3.05) is 6.61 Å². The van der Waals surface area contributed by atoms with E-state index in [2.05, 4.69) is 5.32 Å². The van der Waals surface area contributed by atoms with Gasteiger partial charge in [0.15, 0.2) is 0 Å². The fraction of sp³-hybridized carbons (Fsp3) is 0.857. The molecule has 0 rings (SSSR count). The summed E-state index contributed by atoms with van der Waals surface area (Å²) >= 11 is 0. The van der Waals surface area contributed by atoms with Crippen molar-refractivity contribution in [2.45, 2.75) is 60.4 Å². The highest BCUT2D eigenvalue weighted by molar-refractivity contribution is 5.98. The van der Waals surface area contributed by atoms with E-state index in [4.69, 9.17) is 4.74 Å². The third kappa shape index (κ3) is 5.07. The van der Waals surface area contributed by atoms with Gasteiger partial charge in [0.1, 0.15) is 5.92 Å². The van der Waals surface area contributed by atoms with Crippen LogP contribution in [0.3, 0.4) is 0 Å². The Morgan fingerprint density at radius 2 is 1.61 bits per heavy atom. The standard InChI is InChI=1S/C14H27NO3/c1-8-14(6,7)15-11(16)10(13(3,4)5)12(17)18-9-2/h10H,8-9H2,1-7H3,(H,15,16). The molecule has 1 N–H and O–H groups in total. The van der Waals surface area contributed by atoms with Gasteiger partial charge in [-0.05, 0) is 32.6 Å². The van der Waals surface area contributed by atoms with Crippen molar-refractivity contribution in [1.29, 1.82) is 0 Å². The summed E-state index contributed by atoms with van der Waals surface area (Å²) in [7, 11) is 0. The lowest BCUT2D eigenvalue weighted by molar-refractivity contribution is -0.157. The van der Waals surface area contributed by atoms with Crippen molar-refractivity contribution < 1.29 is 14.3 Å². The highest BCUT2D eigenvalue weighted by atomic mass is 16.5. The van der Waals surface area contributed by atoms with Gasteiger partial charge in [-0.2, -0.15) is 0 Å². The molecule has 0 aromatic carbocycles. The number of carbonyl (C=O) groups is 2. The number of esters is 1. The number of hydrogen-bond donors (Lipinski definition) is 1. The Kier molecular flexibility index (Phi) is 5.84. The molecule has 0 bridgehead atoms. The van der Waals surface area contributed by atoms with Crippen LogP contribution in [-0.4, -0.2) is 24.0 Å². The van der Waals surface area contributed by atoms with Crippen LogP contribution in [0.1, 0.15) is 54.9 Å². The van der Waals surface area contributed by atoms with Gasteiger partial charge < -0.3 is 10.1 Å². The zero-order valence-electron chi connectivity index (χ0n) is 12.7. The summed E-state index contributed by atoms with van der Waals surface area (Å²) in [5, 5.41) is 2.91. The summed E-state index contributed by atoms with van der Waals surface area (Å²) in [6, 6.07) is 0. The third-order valence-electron chi connectivity index (χ3n) is 3.00. The quantitative estimate of drug-likeness (QED) is 0.608. The zero-order chi connectivity index (χ0) is 14.6. The summed E-state index contributed by atoms with van der Waals surface area (Å²) in [4.78, 5) is 24.2. The van der Waals surface area contributed by atoms with E-state index >= 15 is 0 Å². The average molecular weight is 257 g/mol. The monoisotopic (exact) mass is 257 g/mol. The second kappa shape index (κ2) is 6.21. The smallest absolute Gasteiger partial charge is 0.319 e. The van der Waals surface area contributed by atoms with Gasteiger partial charge in [-0.15, -0.1) is 0 Å². The van der Waals surface area contributed by atoms with E-state index < -0.39 is 17.3 Å². The number of ether oxygens (including phenoxy) is 1. The molecule has 1 amide bonds. The maximum Gasteiger partial charge on any atom is 0.319 e. The topological polar surface area (TPSA) is 55.4 Å². The van der Waals surface area contributed by atoms with Gasteiger partial charge in [0, 0.05) is 5.54 Å². The van der Waals surface area contributed by atoms with Crippen LogP contribution in [-0.2, 0) is 14.3 Å². The van der Waals surface area contributed by atoms with Crippen LogP contribution in [0.15, 0.2) is 0 Å². The molecular weight excluding hydrogens is 230 g/mol. The highest BCUT2D eigenvalue weighted by Gasteiger charge is 2.40. The van der Waals surface area contributed by atoms with Crippen molar-refractivity contribution in [2.24, 2.45) is 11.3 Å². The molecule has 0 saturated heterocycles. The average Bonchev–Trinajstić information content (AvgIpc) is 2.14. The van der Waals surface area contributed by atoms with Gasteiger partial charge in [0.25, 0.3) is 0 Å². The van der Waals surface area contributed by atoms with E-state index in [0.29, 0.717) is 0 Å². The van der Waals surface area contributed by atoms with Crippen molar-refractivity contribution >= 4 is 11.9 Å².